The summed E-state index contributed by atoms with van der Waals surface area (Å²) in [6.45, 7) is 0.557. The van der Waals surface area contributed by atoms with Gasteiger partial charge in [0.25, 0.3) is 0 Å². The normalized spacial score (nSPS) is 19.5. The molecule has 2 rings (SSSR count). The van der Waals surface area contributed by atoms with E-state index in [4.69, 9.17) is 0 Å². The molecular formula is C15H25N5O. The van der Waals surface area contributed by atoms with E-state index in [-0.39, 0.29) is 18.1 Å². The van der Waals surface area contributed by atoms with Crippen LogP contribution in [0.3, 0.4) is 0 Å². The number of nitrogens with zero attached hydrogens (tertiary/aromatic N) is 3. The first kappa shape index (κ1) is 15.6. The van der Waals surface area contributed by atoms with E-state index in [1.807, 2.05) is 33.5 Å². The molecule has 2 N–H and O–H groups in total. The van der Waals surface area contributed by atoms with Crippen LogP contribution in [0.15, 0.2) is 24.5 Å². The molecule has 2 atom stereocenters. The molecule has 2 amide bonds. The van der Waals surface area contributed by atoms with Crippen LogP contribution in [0.1, 0.15) is 30.9 Å². The van der Waals surface area contributed by atoms with Gasteiger partial charge in [0.1, 0.15) is 0 Å². The lowest BCUT2D eigenvalue weighted by molar-refractivity contribution is 0.230. The predicted molar refractivity (Wildman–Crippen MR) is 82.9 cm³/mol. The first-order valence-electron chi connectivity index (χ1n) is 7.42. The molecule has 0 spiro atoms. The molecule has 0 radical (unpaired) electrons. The molecule has 21 heavy (non-hydrogen) atoms. The van der Waals surface area contributed by atoms with E-state index in [1.165, 1.54) is 0 Å². The van der Waals surface area contributed by atoms with Crippen LogP contribution in [0, 0.1) is 0 Å². The number of nitrogens with one attached hydrogen (secondary N) is 2. The SMILES string of the molecule is CN(C)C(CNC(=O)NC1C=CCCC1)c1cnn(C)c1. The average Bonchev–Trinajstić information content (AvgIpc) is 2.86. The monoisotopic (exact) mass is 291 g/mol. The number of carbonyl (C=O) groups excluding carboxylic acids is 1. The van der Waals surface area contributed by atoms with Gasteiger partial charge in [0.2, 0.25) is 0 Å². The van der Waals surface area contributed by atoms with Crippen LogP contribution in [-0.2, 0) is 7.05 Å². The number of allylic oxidation sites excluding steroid dienone is 1. The molecule has 1 heterocycles. The lowest BCUT2D eigenvalue weighted by atomic mass is 10.0. The Balaban J connectivity index is 1.85. The molecule has 0 bridgehead atoms. The highest BCUT2D eigenvalue weighted by Gasteiger charge is 2.18. The predicted octanol–water partition coefficient (Wildman–Crippen LogP) is 1.43. The summed E-state index contributed by atoms with van der Waals surface area (Å²) < 4.78 is 1.78. The van der Waals surface area contributed by atoms with Crippen molar-refractivity contribution in [2.75, 3.05) is 20.6 Å². The Bertz CT molecular complexity index is 494. The molecule has 6 nitrogen and oxygen atoms in total. The smallest absolute Gasteiger partial charge is 0.315 e. The van der Waals surface area contributed by atoms with Crippen molar-refractivity contribution in [3.05, 3.63) is 30.1 Å². The molecule has 0 aliphatic heterocycles. The highest BCUT2D eigenvalue weighted by molar-refractivity contribution is 5.74. The molecule has 0 fully saturated rings. The van der Waals surface area contributed by atoms with Crippen molar-refractivity contribution in [3.8, 4) is 0 Å². The molecule has 0 saturated heterocycles. The van der Waals surface area contributed by atoms with Crippen molar-refractivity contribution in [2.45, 2.75) is 31.3 Å². The lowest BCUT2D eigenvalue weighted by Gasteiger charge is -2.24. The molecular weight excluding hydrogens is 266 g/mol. The van der Waals surface area contributed by atoms with Gasteiger partial charge < -0.3 is 15.5 Å². The molecule has 2 unspecified atom stereocenters. The second-order valence-corrected chi connectivity index (χ2v) is 5.75. The van der Waals surface area contributed by atoms with Crippen LogP contribution in [0.5, 0.6) is 0 Å². The van der Waals surface area contributed by atoms with Gasteiger partial charge in [0, 0.05) is 31.4 Å². The Morgan fingerprint density at radius 2 is 2.38 bits per heavy atom. The van der Waals surface area contributed by atoms with Crippen LogP contribution in [0.25, 0.3) is 0 Å². The fourth-order valence-electron chi connectivity index (χ4n) is 2.55. The maximum absolute atomic E-state index is 12.0. The van der Waals surface area contributed by atoms with E-state index in [0.29, 0.717) is 6.54 Å². The number of carbonyl (C=O) groups is 1. The van der Waals surface area contributed by atoms with E-state index in [2.05, 4.69) is 32.8 Å². The summed E-state index contributed by atoms with van der Waals surface area (Å²) in [5.74, 6) is 0. The third-order valence-corrected chi connectivity index (χ3v) is 3.76. The number of hydrogen-bond donors (Lipinski definition) is 2. The zero-order valence-corrected chi connectivity index (χ0v) is 13.0. The Labute approximate surface area is 126 Å². The van der Waals surface area contributed by atoms with Crippen molar-refractivity contribution in [1.82, 2.24) is 25.3 Å². The summed E-state index contributed by atoms with van der Waals surface area (Å²) >= 11 is 0. The lowest BCUT2D eigenvalue weighted by Crippen LogP contribution is -2.44. The minimum absolute atomic E-state index is 0.109. The standard InChI is InChI=1S/C15H25N5O/c1-19(2)14(12-9-17-20(3)11-12)10-16-15(21)18-13-7-5-4-6-8-13/h5,7,9,11,13-14H,4,6,8,10H2,1-3H3,(H2,16,18,21). The Morgan fingerprint density at radius 1 is 1.57 bits per heavy atom. The highest BCUT2D eigenvalue weighted by atomic mass is 16.2. The topological polar surface area (TPSA) is 62.2 Å². The maximum atomic E-state index is 12.0. The van der Waals surface area contributed by atoms with E-state index >= 15 is 0 Å². The van der Waals surface area contributed by atoms with E-state index in [9.17, 15) is 4.79 Å². The second-order valence-electron chi connectivity index (χ2n) is 5.75. The molecule has 1 aromatic heterocycles. The number of amides is 2. The molecule has 0 saturated carbocycles. The average molecular weight is 291 g/mol. The van der Waals surface area contributed by atoms with Gasteiger partial charge in [-0.15, -0.1) is 0 Å². The van der Waals surface area contributed by atoms with Crippen molar-refractivity contribution in [2.24, 2.45) is 7.05 Å². The second kappa shape index (κ2) is 7.26. The number of aromatic nitrogens is 2. The Kier molecular flexibility index (Phi) is 5.38. The minimum atomic E-state index is -0.109. The molecule has 1 aliphatic rings. The van der Waals surface area contributed by atoms with Gasteiger partial charge in [-0.2, -0.15) is 5.10 Å². The van der Waals surface area contributed by atoms with Gasteiger partial charge >= 0.3 is 6.03 Å². The fraction of sp³-hybridized carbons (Fsp3) is 0.600. The van der Waals surface area contributed by atoms with Gasteiger partial charge in [0.15, 0.2) is 0 Å². The number of hydrogen-bond acceptors (Lipinski definition) is 3. The van der Waals surface area contributed by atoms with Gasteiger partial charge in [-0.05, 0) is 33.4 Å². The van der Waals surface area contributed by atoms with Crippen molar-refractivity contribution < 1.29 is 4.79 Å². The molecule has 0 aromatic carbocycles. The summed E-state index contributed by atoms with van der Waals surface area (Å²) in [5.41, 5.74) is 1.10. The summed E-state index contributed by atoms with van der Waals surface area (Å²) in [6.07, 6.45) is 11.3. The van der Waals surface area contributed by atoms with Crippen LogP contribution < -0.4 is 10.6 Å². The first-order chi connectivity index (χ1) is 10.1. The van der Waals surface area contributed by atoms with Crippen molar-refractivity contribution >= 4 is 6.03 Å². The summed E-state index contributed by atoms with van der Waals surface area (Å²) in [5, 5.41) is 10.1. The fourth-order valence-corrected chi connectivity index (χ4v) is 2.55. The minimum Gasteiger partial charge on any atom is -0.336 e. The number of urea groups is 1. The number of rotatable bonds is 5. The van der Waals surface area contributed by atoms with E-state index < -0.39 is 0 Å². The largest absolute Gasteiger partial charge is 0.336 e. The summed E-state index contributed by atoms with van der Waals surface area (Å²) in [4.78, 5) is 14.1. The van der Waals surface area contributed by atoms with Gasteiger partial charge in [-0.3, -0.25) is 4.68 Å². The van der Waals surface area contributed by atoms with Crippen LogP contribution in [0.2, 0.25) is 0 Å². The molecule has 1 aromatic rings. The van der Waals surface area contributed by atoms with Crippen molar-refractivity contribution in [1.29, 1.82) is 0 Å². The van der Waals surface area contributed by atoms with Gasteiger partial charge in [-0.1, -0.05) is 12.2 Å². The third-order valence-electron chi connectivity index (χ3n) is 3.76. The van der Waals surface area contributed by atoms with Gasteiger partial charge in [0.05, 0.1) is 12.2 Å². The van der Waals surface area contributed by atoms with E-state index in [1.54, 1.807) is 4.68 Å². The highest BCUT2D eigenvalue weighted by Crippen LogP contribution is 2.16. The third kappa shape index (κ3) is 4.60. The summed E-state index contributed by atoms with van der Waals surface area (Å²) in [6, 6.07) is 0.170. The van der Waals surface area contributed by atoms with Crippen molar-refractivity contribution in [3.63, 3.8) is 0 Å². The Hall–Kier alpha value is -1.82. The number of likely N-dealkylation sites (N-methyl/N-ethyl adjacent to an activating group) is 1. The zero-order chi connectivity index (χ0) is 15.2. The van der Waals surface area contributed by atoms with Crippen LogP contribution in [-0.4, -0.2) is 47.4 Å². The van der Waals surface area contributed by atoms with Gasteiger partial charge in [-0.25, -0.2) is 4.79 Å². The molecule has 6 heteroatoms. The number of aryl methyl sites for hydroxylation is 1. The maximum Gasteiger partial charge on any atom is 0.315 e. The van der Waals surface area contributed by atoms with Crippen LogP contribution in [0.4, 0.5) is 4.79 Å². The molecule has 116 valence electrons. The van der Waals surface area contributed by atoms with E-state index in [0.717, 1.165) is 24.8 Å². The Morgan fingerprint density at radius 3 is 2.95 bits per heavy atom. The van der Waals surface area contributed by atoms with Crippen LogP contribution >= 0.6 is 0 Å². The quantitative estimate of drug-likeness (QED) is 0.807. The zero-order valence-electron chi connectivity index (χ0n) is 13.0. The summed E-state index contributed by atoms with van der Waals surface area (Å²) in [7, 11) is 5.90. The first-order valence-corrected chi connectivity index (χ1v) is 7.42. The molecule has 1 aliphatic carbocycles.